The first-order chi connectivity index (χ1) is 12.3. The van der Waals surface area contributed by atoms with Gasteiger partial charge in [0.2, 0.25) is 5.91 Å². The van der Waals surface area contributed by atoms with E-state index in [1.165, 1.54) is 38.8 Å². The summed E-state index contributed by atoms with van der Waals surface area (Å²) in [6, 6.07) is 8.49. The van der Waals surface area contributed by atoms with E-state index in [0.717, 1.165) is 29.8 Å². The maximum absolute atomic E-state index is 12.9. The molecule has 5 rings (SSSR count). The molecule has 0 unspecified atom stereocenters. The zero-order chi connectivity index (χ0) is 16.8. The highest BCUT2D eigenvalue weighted by Crippen LogP contribution is 2.37. The Hall–Kier alpha value is -1.88. The molecular formula is C20H25N3O2. The van der Waals surface area contributed by atoms with Crippen molar-refractivity contribution in [3.63, 3.8) is 0 Å². The van der Waals surface area contributed by atoms with Crippen LogP contribution in [-0.4, -0.2) is 53.1 Å². The molecule has 0 N–H and O–H groups in total. The minimum atomic E-state index is 0.206. The highest BCUT2D eigenvalue weighted by molar-refractivity contribution is 5.86. The number of benzene rings is 1. The third-order valence-electron chi connectivity index (χ3n) is 6.39. The summed E-state index contributed by atoms with van der Waals surface area (Å²) in [7, 11) is 0. The molecule has 0 spiro atoms. The van der Waals surface area contributed by atoms with Gasteiger partial charge in [0.05, 0.1) is 6.42 Å². The van der Waals surface area contributed by atoms with Crippen LogP contribution >= 0.6 is 0 Å². The van der Waals surface area contributed by atoms with Gasteiger partial charge in [-0.05, 0) is 49.8 Å². The smallest absolute Gasteiger partial charge is 0.228 e. The maximum atomic E-state index is 12.9. The van der Waals surface area contributed by atoms with E-state index in [1.54, 1.807) is 0 Å². The second kappa shape index (κ2) is 6.13. The van der Waals surface area contributed by atoms with Crippen molar-refractivity contribution in [2.75, 3.05) is 26.2 Å². The average molecular weight is 339 g/mol. The molecule has 1 aromatic carbocycles. The van der Waals surface area contributed by atoms with Crippen molar-refractivity contribution in [1.82, 2.24) is 15.0 Å². The van der Waals surface area contributed by atoms with Gasteiger partial charge >= 0.3 is 0 Å². The Bertz CT molecular complexity index is 786. The van der Waals surface area contributed by atoms with Crippen LogP contribution in [0.3, 0.4) is 0 Å². The number of hydrogen-bond donors (Lipinski definition) is 0. The molecule has 4 heterocycles. The normalized spacial score (nSPS) is 29.6. The van der Waals surface area contributed by atoms with E-state index in [1.807, 2.05) is 24.3 Å². The Morgan fingerprint density at radius 1 is 1.20 bits per heavy atom. The van der Waals surface area contributed by atoms with Crippen LogP contribution in [0.1, 0.15) is 31.4 Å². The van der Waals surface area contributed by atoms with Gasteiger partial charge in [-0.2, -0.15) is 0 Å². The number of hydrogen-bond acceptors (Lipinski definition) is 4. The third-order valence-corrected chi connectivity index (χ3v) is 6.39. The summed E-state index contributed by atoms with van der Waals surface area (Å²) >= 11 is 0. The zero-order valence-electron chi connectivity index (χ0n) is 14.6. The van der Waals surface area contributed by atoms with Crippen LogP contribution in [0.2, 0.25) is 0 Å². The Morgan fingerprint density at radius 3 is 3.08 bits per heavy atom. The number of carbonyl (C=O) groups excluding carboxylic acids is 1. The molecule has 3 aliphatic heterocycles. The van der Waals surface area contributed by atoms with Gasteiger partial charge in [0.15, 0.2) is 5.58 Å². The van der Waals surface area contributed by atoms with E-state index in [2.05, 4.69) is 15.0 Å². The molecule has 0 radical (unpaired) electrons. The van der Waals surface area contributed by atoms with Crippen molar-refractivity contribution >= 4 is 16.9 Å². The monoisotopic (exact) mass is 339 g/mol. The predicted molar refractivity (Wildman–Crippen MR) is 95.1 cm³/mol. The molecule has 5 nitrogen and oxygen atoms in total. The first-order valence-corrected chi connectivity index (χ1v) is 9.63. The van der Waals surface area contributed by atoms with Crippen molar-refractivity contribution in [1.29, 1.82) is 0 Å². The van der Waals surface area contributed by atoms with Gasteiger partial charge in [-0.3, -0.25) is 9.69 Å². The minimum Gasteiger partial charge on any atom is -0.356 e. The number of fused-ring (bicyclic) bond motifs is 5. The number of rotatable bonds is 2. The van der Waals surface area contributed by atoms with E-state index in [0.29, 0.717) is 24.3 Å². The number of para-hydroxylation sites is 1. The van der Waals surface area contributed by atoms with Gasteiger partial charge in [0.1, 0.15) is 5.69 Å². The lowest BCUT2D eigenvalue weighted by Crippen LogP contribution is -2.59. The Kier molecular flexibility index (Phi) is 3.77. The second-order valence-electron chi connectivity index (χ2n) is 8.02. The van der Waals surface area contributed by atoms with Crippen LogP contribution in [0.15, 0.2) is 28.8 Å². The van der Waals surface area contributed by atoms with E-state index >= 15 is 0 Å². The van der Waals surface area contributed by atoms with Crippen LogP contribution in [0, 0.1) is 11.8 Å². The summed E-state index contributed by atoms with van der Waals surface area (Å²) in [4.78, 5) is 17.7. The first kappa shape index (κ1) is 15.4. The molecule has 132 valence electrons. The van der Waals surface area contributed by atoms with Crippen molar-refractivity contribution in [3.05, 3.63) is 30.0 Å². The molecule has 2 aromatic rings. The van der Waals surface area contributed by atoms with Crippen LogP contribution in [0.25, 0.3) is 11.0 Å². The largest absolute Gasteiger partial charge is 0.356 e. The van der Waals surface area contributed by atoms with Crippen LogP contribution in [0.4, 0.5) is 0 Å². The lowest BCUT2D eigenvalue weighted by molar-refractivity contribution is -0.137. The van der Waals surface area contributed by atoms with Crippen molar-refractivity contribution in [2.24, 2.45) is 11.8 Å². The zero-order valence-corrected chi connectivity index (χ0v) is 14.6. The Morgan fingerprint density at radius 2 is 2.12 bits per heavy atom. The number of likely N-dealkylation sites (tertiary alicyclic amines) is 1. The quantitative estimate of drug-likeness (QED) is 0.844. The lowest BCUT2D eigenvalue weighted by Gasteiger charge is -2.52. The minimum absolute atomic E-state index is 0.206. The fourth-order valence-corrected chi connectivity index (χ4v) is 5.29. The van der Waals surface area contributed by atoms with Crippen molar-refractivity contribution < 1.29 is 9.32 Å². The van der Waals surface area contributed by atoms with E-state index < -0.39 is 0 Å². The summed E-state index contributed by atoms with van der Waals surface area (Å²) in [5, 5.41) is 5.10. The highest BCUT2D eigenvalue weighted by Gasteiger charge is 2.42. The topological polar surface area (TPSA) is 49.6 Å². The van der Waals surface area contributed by atoms with Gasteiger partial charge in [-0.1, -0.05) is 23.7 Å². The lowest BCUT2D eigenvalue weighted by atomic mass is 9.76. The molecule has 3 fully saturated rings. The summed E-state index contributed by atoms with van der Waals surface area (Å²) in [5.41, 5.74) is 1.54. The molecule has 0 aliphatic carbocycles. The average Bonchev–Trinajstić information content (AvgIpc) is 3.04. The predicted octanol–water partition coefficient (Wildman–Crippen LogP) is 2.70. The summed E-state index contributed by atoms with van der Waals surface area (Å²) in [5.74, 6) is 1.51. The number of piperidine rings is 3. The van der Waals surface area contributed by atoms with Crippen molar-refractivity contribution in [3.8, 4) is 0 Å². The SMILES string of the molecule is O=C(Cc1noc2ccccc12)N1C[C@@H]2C[C@H](C1)[C@@H]1CCCCN1C2. The molecule has 1 aromatic heterocycles. The molecule has 5 heteroatoms. The Labute approximate surface area is 147 Å². The Balaban J connectivity index is 1.31. The maximum Gasteiger partial charge on any atom is 0.228 e. The number of nitrogens with zero attached hydrogens (tertiary/aromatic N) is 3. The molecular weight excluding hydrogens is 314 g/mol. The van der Waals surface area contributed by atoms with Gasteiger partial charge < -0.3 is 9.42 Å². The first-order valence-electron chi connectivity index (χ1n) is 9.63. The highest BCUT2D eigenvalue weighted by atomic mass is 16.5. The number of amides is 1. The van der Waals surface area contributed by atoms with Gasteiger partial charge in [-0.15, -0.1) is 0 Å². The fourth-order valence-electron chi connectivity index (χ4n) is 5.29. The van der Waals surface area contributed by atoms with Gasteiger partial charge in [-0.25, -0.2) is 0 Å². The molecule has 3 saturated heterocycles. The second-order valence-corrected chi connectivity index (χ2v) is 8.02. The number of carbonyl (C=O) groups is 1. The van der Waals surface area contributed by atoms with E-state index in [9.17, 15) is 4.79 Å². The molecule has 0 saturated carbocycles. The van der Waals surface area contributed by atoms with E-state index in [4.69, 9.17) is 4.52 Å². The van der Waals surface area contributed by atoms with Crippen molar-refractivity contribution in [2.45, 2.75) is 38.1 Å². The summed E-state index contributed by atoms with van der Waals surface area (Å²) < 4.78 is 5.36. The van der Waals surface area contributed by atoms with Crippen LogP contribution in [-0.2, 0) is 11.2 Å². The summed E-state index contributed by atoms with van der Waals surface area (Å²) in [6.07, 6.45) is 5.66. The molecule has 3 aliphatic rings. The van der Waals surface area contributed by atoms with Gasteiger partial charge in [0, 0.05) is 31.1 Å². The van der Waals surface area contributed by atoms with Crippen LogP contribution in [0.5, 0.6) is 0 Å². The van der Waals surface area contributed by atoms with Gasteiger partial charge in [0.25, 0.3) is 0 Å². The number of aromatic nitrogens is 1. The molecule has 1 amide bonds. The van der Waals surface area contributed by atoms with E-state index in [-0.39, 0.29) is 5.91 Å². The fraction of sp³-hybridized carbons (Fsp3) is 0.600. The molecule has 2 bridgehead atoms. The third kappa shape index (κ3) is 2.74. The molecule has 3 atom stereocenters. The van der Waals surface area contributed by atoms with Crippen LogP contribution < -0.4 is 0 Å². The standard InChI is InChI=1S/C20H25N3O2/c24-20(10-17-16-5-1-2-7-19(16)25-21-17)23-12-14-9-15(13-23)18-6-3-4-8-22(18)11-14/h1-2,5,7,14-15,18H,3-4,6,8-13H2/t14-,15-,18+/m1/s1. The summed E-state index contributed by atoms with van der Waals surface area (Å²) in [6.45, 7) is 4.27. The molecule has 25 heavy (non-hydrogen) atoms.